The lowest BCUT2D eigenvalue weighted by atomic mass is 9.76. The van der Waals surface area contributed by atoms with Crippen LogP contribution in [0.1, 0.15) is 37.4 Å². The van der Waals surface area contributed by atoms with Crippen LogP contribution in [0.15, 0.2) is 73.2 Å². The van der Waals surface area contributed by atoms with Crippen LogP contribution in [0.3, 0.4) is 0 Å². The van der Waals surface area contributed by atoms with E-state index in [1.165, 1.54) is 18.9 Å². The number of fused-ring (bicyclic) bond motifs is 1. The molecule has 172 valence electrons. The predicted octanol–water partition coefficient (Wildman–Crippen LogP) is 6.37. The summed E-state index contributed by atoms with van der Waals surface area (Å²) < 4.78 is 27.0. The maximum Gasteiger partial charge on any atom is 0.146 e. The van der Waals surface area contributed by atoms with Crippen molar-refractivity contribution in [1.29, 1.82) is 0 Å². The highest BCUT2D eigenvalue weighted by atomic mass is 19.1. The Bertz CT molecular complexity index is 1060. The molecule has 5 rings (SSSR count). The summed E-state index contributed by atoms with van der Waals surface area (Å²) in [5.74, 6) is 1.55. The summed E-state index contributed by atoms with van der Waals surface area (Å²) in [6.07, 6.45) is 15.6. The fourth-order valence-corrected chi connectivity index (χ4v) is 5.80. The molecule has 0 unspecified atom stereocenters. The van der Waals surface area contributed by atoms with Gasteiger partial charge in [-0.1, -0.05) is 24.3 Å². The van der Waals surface area contributed by atoms with E-state index in [4.69, 9.17) is 9.47 Å². The molecule has 2 aromatic heterocycles. The van der Waals surface area contributed by atoms with Crippen LogP contribution in [-0.4, -0.2) is 29.6 Å². The third-order valence-corrected chi connectivity index (χ3v) is 7.34. The number of methoxy groups -OCH3 is 1. The molecule has 2 fully saturated rings. The SMILES string of the molecule is COCO[C@@H]1CC[C@@H]2[C@H](C1)C[C@@H](n1cccc1)[C@H]2/C=C/c1ccc(-c2cccc(F)c2)cn1. The first-order valence-corrected chi connectivity index (χ1v) is 11.8. The summed E-state index contributed by atoms with van der Waals surface area (Å²) in [5.41, 5.74) is 2.70. The van der Waals surface area contributed by atoms with Crippen LogP contribution >= 0.6 is 0 Å². The summed E-state index contributed by atoms with van der Waals surface area (Å²) in [4.78, 5) is 4.63. The zero-order valence-electron chi connectivity index (χ0n) is 19.0. The van der Waals surface area contributed by atoms with Gasteiger partial charge in [-0.2, -0.15) is 0 Å². The molecule has 5 atom stereocenters. The second kappa shape index (κ2) is 10.0. The molecule has 33 heavy (non-hydrogen) atoms. The Morgan fingerprint density at radius 3 is 2.70 bits per heavy atom. The molecule has 0 N–H and O–H groups in total. The van der Waals surface area contributed by atoms with Crippen molar-refractivity contribution in [1.82, 2.24) is 9.55 Å². The molecule has 0 bridgehead atoms. The lowest BCUT2D eigenvalue weighted by Crippen LogP contribution is -2.29. The van der Waals surface area contributed by atoms with E-state index in [1.54, 1.807) is 19.2 Å². The van der Waals surface area contributed by atoms with Crippen LogP contribution in [0, 0.1) is 23.6 Å². The van der Waals surface area contributed by atoms with Crippen LogP contribution in [0.25, 0.3) is 17.2 Å². The number of halogens is 1. The van der Waals surface area contributed by atoms with Crippen LogP contribution in [0.4, 0.5) is 4.39 Å². The van der Waals surface area contributed by atoms with Crippen molar-refractivity contribution < 1.29 is 13.9 Å². The smallest absolute Gasteiger partial charge is 0.146 e. The van der Waals surface area contributed by atoms with Crippen molar-refractivity contribution in [2.45, 2.75) is 37.8 Å². The molecule has 1 aromatic carbocycles. The van der Waals surface area contributed by atoms with Gasteiger partial charge in [0.1, 0.15) is 12.6 Å². The molecule has 4 nitrogen and oxygen atoms in total. The van der Waals surface area contributed by atoms with Crippen LogP contribution in [0.5, 0.6) is 0 Å². The van der Waals surface area contributed by atoms with Gasteiger partial charge >= 0.3 is 0 Å². The normalized spacial score (nSPS) is 27.2. The fraction of sp³-hybridized carbons (Fsp3) is 0.393. The number of hydrogen-bond donors (Lipinski definition) is 0. The van der Waals surface area contributed by atoms with Crippen molar-refractivity contribution >= 4 is 6.08 Å². The summed E-state index contributed by atoms with van der Waals surface area (Å²) in [7, 11) is 1.68. The second-order valence-corrected chi connectivity index (χ2v) is 9.28. The van der Waals surface area contributed by atoms with Gasteiger partial charge < -0.3 is 14.0 Å². The first-order valence-electron chi connectivity index (χ1n) is 11.8. The monoisotopic (exact) mass is 446 g/mol. The minimum Gasteiger partial charge on any atom is -0.359 e. The third kappa shape index (κ3) is 4.94. The van der Waals surface area contributed by atoms with E-state index < -0.39 is 0 Å². The molecule has 0 saturated heterocycles. The van der Waals surface area contributed by atoms with E-state index in [2.05, 4.69) is 46.2 Å². The summed E-state index contributed by atoms with van der Waals surface area (Å²) in [6.45, 7) is 0.379. The number of benzene rings is 1. The molecule has 2 heterocycles. The molecule has 2 aliphatic rings. The Labute approximate surface area is 195 Å². The van der Waals surface area contributed by atoms with E-state index in [1.807, 2.05) is 24.4 Å². The van der Waals surface area contributed by atoms with E-state index >= 15 is 0 Å². The fourth-order valence-electron chi connectivity index (χ4n) is 5.80. The maximum absolute atomic E-state index is 13.6. The van der Waals surface area contributed by atoms with Gasteiger partial charge in [-0.15, -0.1) is 0 Å². The van der Waals surface area contributed by atoms with Gasteiger partial charge in [-0.3, -0.25) is 4.98 Å². The summed E-state index contributed by atoms with van der Waals surface area (Å²) >= 11 is 0. The highest BCUT2D eigenvalue weighted by Gasteiger charge is 2.45. The molecular formula is C28H31FN2O2. The lowest BCUT2D eigenvalue weighted by Gasteiger charge is -2.33. The number of pyridine rings is 1. The van der Waals surface area contributed by atoms with Gasteiger partial charge in [0.2, 0.25) is 0 Å². The molecule has 2 aliphatic carbocycles. The molecule has 0 spiro atoms. The number of rotatable bonds is 7. The predicted molar refractivity (Wildman–Crippen MR) is 128 cm³/mol. The molecule has 2 saturated carbocycles. The largest absolute Gasteiger partial charge is 0.359 e. The Hall–Kier alpha value is -2.76. The lowest BCUT2D eigenvalue weighted by molar-refractivity contribution is -0.0930. The van der Waals surface area contributed by atoms with Crippen molar-refractivity contribution in [3.63, 3.8) is 0 Å². The number of ether oxygens (including phenoxy) is 2. The number of allylic oxidation sites excluding steroid dienone is 1. The van der Waals surface area contributed by atoms with Crippen molar-refractivity contribution in [2.75, 3.05) is 13.9 Å². The molecule has 0 radical (unpaired) electrons. The quantitative estimate of drug-likeness (QED) is 0.396. The zero-order valence-corrected chi connectivity index (χ0v) is 19.0. The second-order valence-electron chi connectivity index (χ2n) is 9.28. The Kier molecular flexibility index (Phi) is 6.70. The van der Waals surface area contributed by atoms with Crippen molar-refractivity contribution in [3.8, 4) is 11.1 Å². The highest BCUT2D eigenvalue weighted by molar-refractivity contribution is 5.63. The van der Waals surface area contributed by atoms with Crippen LogP contribution < -0.4 is 0 Å². The minimum atomic E-state index is -0.231. The minimum absolute atomic E-state index is 0.231. The number of nitrogens with zero attached hydrogens (tertiary/aromatic N) is 2. The van der Waals surface area contributed by atoms with Crippen molar-refractivity contribution in [3.05, 3.63) is 84.7 Å². The standard InChI is InChI=1S/C28H31FN2O2/c1-32-19-33-25-10-12-26-22(16-25)17-28(31-13-2-3-14-31)27(26)11-9-24-8-7-21(18-30-24)20-5-4-6-23(29)15-20/h2-9,11,13-15,18,22,25-28H,10,12,16-17,19H2,1H3/b11-9+/t22-,25-,26-,27+,28-/m1/s1. The van der Waals surface area contributed by atoms with E-state index in [-0.39, 0.29) is 5.82 Å². The van der Waals surface area contributed by atoms with Crippen molar-refractivity contribution in [2.24, 2.45) is 17.8 Å². The number of aromatic nitrogens is 2. The average molecular weight is 447 g/mol. The summed E-state index contributed by atoms with van der Waals surface area (Å²) in [5, 5.41) is 0. The van der Waals surface area contributed by atoms with Gasteiger partial charge in [0.25, 0.3) is 0 Å². The van der Waals surface area contributed by atoms with Crippen LogP contribution in [0.2, 0.25) is 0 Å². The molecule has 3 aromatic rings. The highest BCUT2D eigenvalue weighted by Crippen LogP contribution is 2.52. The molecule has 0 amide bonds. The van der Waals surface area contributed by atoms with Gasteiger partial charge in [0.05, 0.1) is 11.8 Å². The Balaban J connectivity index is 1.33. The zero-order chi connectivity index (χ0) is 22.6. The topological polar surface area (TPSA) is 36.3 Å². The first-order chi connectivity index (χ1) is 16.2. The van der Waals surface area contributed by atoms with Gasteiger partial charge in [-0.25, -0.2) is 4.39 Å². The average Bonchev–Trinajstić information content (AvgIpc) is 3.49. The van der Waals surface area contributed by atoms with Gasteiger partial charge in [-0.05, 0) is 79.5 Å². The van der Waals surface area contributed by atoms with E-state index in [0.29, 0.717) is 36.7 Å². The van der Waals surface area contributed by atoms with E-state index in [9.17, 15) is 4.39 Å². The molecule has 0 aliphatic heterocycles. The Morgan fingerprint density at radius 2 is 1.94 bits per heavy atom. The number of hydrogen-bond acceptors (Lipinski definition) is 3. The third-order valence-electron chi connectivity index (χ3n) is 7.34. The van der Waals surface area contributed by atoms with Crippen LogP contribution in [-0.2, 0) is 9.47 Å². The molecule has 5 heteroatoms. The first kappa shape index (κ1) is 22.1. The molecular weight excluding hydrogens is 415 g/mol. The van der Waals surface area contributed by atoms with Gasteiger partial charge in [0.15, 0.2) is 0 Å². The van der Waals surface area contributed by atoms with Gasteiger partial charge in [0, 0.05) is 43.2 Å². The Morgan fingerprint density at radius 1 is 1.06 bits per heavy atom. The van der Waals surface area contributed by atoms with E-state index in [0.717, 1.165) is 29.7 Å². The maximum atomic E-state index is 13.6. The summed E-state index contributed by atoms with van der Waals surface area (Å²) in [6, 6.07) is 15.3.